The zero-order valence-electron chi connectivity index (χ0n) is 14.6. The van der Waals surface area contributed by atoms with Crippen LogP contribution in [0.15, 0.2) is 67.3 Å². The zero-order chi connectivity index (χ0) is 15.9. The number of halogens is 2. The Bertz CT molecular complexity index is 608. The van der Waals surface area contributed by atoms with E-state index in [9.17, 15) is 0 Å². The molecule has 1 aliphatic rings. The molecule has 0 spiro atoms. The van der Waals surface area contributed by atoms with E-state index in [1.807, 2.05) is 6.08 Å². The summed E-state index contributed by atoms with van der Waals surface area (Å²) in [5.74, 6) is 0. The summed E-state index contributed by atoms with van der Waals surface area (Å²) in [5, 5.41) is 3.45. The molecule has 1 heterocycles. The molecule has 0 saturated carbocycles. The van der Waals surface area contributed by atoms with Gasteiger partial charge >= 0.3 is 0 Å². The van der Waals surface area contributed by atoms with Crippen LogP contribution in [-0.2, 0) is 0 Å². The van der Waals surface area contributed by atoms with Gasteiger partial charge in [0.15, 0.2) is 0 Å². The molecule has 136 valence electrons. The Labute approximate surface area is 164 Å². The van der Waals surface area contributed by atoms with E-state index in [-0.39, 0.29) is 24.8 Å². The van der Waals surface area contributed by atoms with Crippen molar-refractivity contribution in [3.05, 3.63) is 72.8 Å². The maximum atomic E-state index is 3.89. The van der Waals surface area contributed by atoms with Gasteiger partial charge in [-0.15, -0.1) is 31.4 Å². The lowest BCUT2D eigenvalue weighted by Gasteiger charge is -2.35. The van der Waals surface area contributed by atoms with E-state index >= 15 is 0 Å². The van der Waals surface area contributed by atoms with E-state index in [0.717, 1.165) is 39.0 Å². The molecular weight excluding hydrogens is 351 g/mol. The molecule has 1 saturated heterocycles. The first-order valence-electron chi connectivity index (χ1n) is 8.59. The molecular formula is C21H28Cl2N2. The molecule has 0 bridgehead atoms. The van der Waals surface area contributed by atoms with E-state index in [0.29, 0.717) is 6.04 Å². The lowest BCUT2D eigenvalue weighted by Crippen LogP contribution is -2.45. The minimum atomic E-state index is 0. The van der Waals surface area contributed by atoms with Crippen molar-refractivity contribution < 1.29 is 0 Å². The van der Waals surface area contributed by atoms with Crippen LogP contribution in [0.4, 0.5) is 0 Å². The van der Waals surface area contributed by atoms with Gasteiger partial charge in [-0.3, -0.25) is 4.90 Å². The Balaban J connectivity index is 0.00000156. The molecule has 1 aliphatic heterocycles. The zero-order valence-corrected chi connectivity index (χ0v) is 16.2. The molecule has 0 amide bonds. The highest BCUT2D eigenvalue weighted by atomic mass is 35.5. The average molecular weight is 379 g/mol. The van der Waals surface area contributed by atoms with Gasteiger partial charge in [-0.2, -0.15) is 0 Å². The van der Waals surface area contributed by atoms with E-state index in [2.05, 4.69) is 71.4 Å². The second-order valence-electron chi connectivity index (χ2n) is 6.16. The fourth-order valence-electron chi connectivity index (χ4n) is 3.36. The Kier molecular flexibility index (Phi) is 9.84. The maximum Gasteiger partial charge on any atom is 0.0352 e. The van der Waals surface area contributed by atoms with Crippen molar-refractivity contribution in [1.29, 1.82) is 0 Å². The Morgan fingerprint density at radius 2 is 1.52 bits per heavy atom. The Morgan fingerprint density at radius 3 is 2.12 bits per heavy atom. The number of allylic oxidation sites excluding steroid dienone is 1. The largest absolute Gasteiger partial charge is 0.314 e. The predicted octanol–water partition coefficient (Wildman–Crippen LogP) is 5.11. The lowest BCUT2D eigenvalue weighted by molar-refractivity contribution is 0.166. The van der Waals surface area contributed by atoms with Crippen molar-refractivity contribution >= 4 is 24.8 Å². The molecule has 2 aromatic carbocycles. The van der Waals surface area contributed by atoms with Crippen LogP contribution in [0.5, 0.6) is 0 Å². The minimum Gasteiger partial charge on any atom is -0.314 e. The van der Waals surface area contributed by atoms with Crippen LogP contribution in [0.1, 0.15) is 24.4 Å². The first-order valence-corrected chi connectivity index (χ1v) is 8.59. The molecule has 25 heavy (non-hydrogen) atoms. The normalized spacial score (nSPS) is 15.5. The van der Waals surface area contributed by atoms with E-state index in [4.69, 9.17) is 0 Å². The molecule has 1 fully saturated rings. The Morgan fingerprint density at radius 1 is 0.920 bits per heavy atom. The van der Waals surface area contributed by atoms with Gasteiger partial charge in [-0.05, 0) is 29.5 Å². The first kappa shape index (κ1) is 21.7. The van der Waals surface area contributed by atoms with Crippen LogP contribution in [0, 0.1) is 0 Å². The molecule has 1 atom stereocenters. The SMILES string of the molecule is C=CCC[C@@H](c1ccc(-c2ccccc2)cc1)N1CCNCC1.Cl.Cl. The van der Waals surface area contributed by atoms with Crippen LogP contribution in [0.3, 0.4) is 0 Å². The summed E-state index contributed by atoms with van der Waals surface area (Å²) in [6.07, 6.45) is 4.25. The monoisotopic (exact) mass is 378 g/mol. The molecule has 0 aromatic heterocycles. The first-order chi connectivity index (χ1) is 11.4. The minimum absolute atomic E-state index is 0. The van der Waals surface area contributed by atoms with Crippen molar-refractivity contribution in [2.24, 2.45) is 0 Å². The van der Waals surface area contributed by atoms with Crippen LogP contribution in [-0.4, -0.2) is 31.1 Å². The summed E-state index contributed by atoms with van der Waals surface area (Å²) in [6, 6.07) is 20.2. The van der Waals surface area contributed by atoms with Crippen molar-refractivity contribution in [2.45, 2.75) is 18.9 Å². The molecule has 0 radical (unpaired) electrons. The highest BCUT2D eigenvalue weighted by molar-refractivity contribution is 5.85. The number of nitrogens with zero attached hydrogens (tertiary/aromatic N) is 1. The number of hydrogen-bond acceptors (Lipinski definition) is 2. The lowest BCUT2D eigenvalue weighted by atomic mass is 9.96. The fraction of sp³-hybridized carbons (Fsp3) is 0.333. The standard InChI is InChI=1S/C21H26N2.2ClH/c1-2-3-9-21(23-16-14-22-15-17-23)20-12-10-19(11-13-20)18-7-5-4-6-8-18;;/h2,4-8,10-13,21-22H,1,3,9,14-17H2;2*1H/t21-;;/m0../s1. The van der Waals surface area contributed by atoms with Crippen LogP contribution >= 0.6 is 24.8 Å². The molecule has 4 heteroatoms. The average Bonchev–Trinajstić information content (AvgIpc) is 2.64. The number of nitrogens with one attached hydrogen (secondary N) is 1. The van der Waals surface area contributed by atoms with Crippen LogP contribution in [0.2, 0.25) is 0 Å². The number of piperazine rings is 1. The third-order valence-electron chi connectivity index (χ3n) is 4.64. The summed E-state index contributed by atoms with van der Waals surface area (Å²) < 4.78 is 0. The number of rotatable bonds is 6. The summed E-state index contributed by atoms with van der Waals surface area (Å²) in [5.41, 5.74) is 3.99. The van der Waals surface area contributed by atoms with Gasteiger partial charge in [0, 0.05) is 32.2 Å². The van der Waals surface area contributed by atoms with E-state index in [1.165, 1.54) is 16.7 Å². The van der Waals surface area contributed by atoms with Crippen molar-refractivity contribution in [1.82, 2.24) is 10.2 Å². The summed E-state index contributed by atoms with van der Waals surface area (Å²) in [6.45, 7) is 8.33. The number of hydrogen-bond donors (Lipinski definition) is 1. The third-order valence-corrected chi connectivity index (χ3v) is 4.64. The predicted molar refractivity (Wildman–Crippen MR) is 113 cm³/mol. The number of benzene rings is 2. The highest BCUT2D eigenvalue weighted by Gasteiger charge is 2.21. The molecule has 2 aromatic rings. The topological polar surface area (TPSA) is 15.3 Å². The quantitative estimate of drug-likeness (QED) is 0.702. The van der Waals surface area contributed by atoms with Gasteiger partial charge in [0.2, 0.25) is 0 Å². The van der Waals surface area contributed by atoms with Gasteiger partial charge in [-0.25, -0.2) is 0 Å². The molecule has 1 N–H and O–H groups in total. The van der Waals surface area contributed by atoms with Crippen LogP contribution in [0.25, 0.3) is 11.1 Å². The molecule has 3 rings (SSSR count). The Hall–Kier alpha value is -1.32. The van der Waals surface area contributed by atoms with Gasteiger partial charge in [0.25, 0.3) is 0 Å². The molecule has 2 nitrogen and oxygen atoms in total. The smallest absolute Gasteiger partial charge is 0.0352 e. The maximum absolute atomic E-state index is 3.89. The van der Waals surface area contributed by atoms with Gasteiger partial charge in [0.1, 0.15) is 0 Å². The van der Waals surface area contributed by atoms with Crippen molar-refractivity contribution in [3.8, 4) is 11.1 Å². The van der Waals surface area contributed by atoms with Crippen LogP contribution < -0.4 is 5.32 Å². The van der Waals surface area contributed by atoms with E-state index in [1.54, 1.807) is 0 Å². The fourth-order valence-corrected chi connectivity index (χ4v) is 3.36. The van der Waals surface area contributed by atoms with Gasteiger partial charge in [0.05, 0.1) is 0 Å². The summed E-state index contributed by atoms with van der Waals surface area (Å²) >= 11 is 0. The van der Waals surface area contributed by atoms with Crippen molar-refractivity contribution in [3.63, 3.8) is 0 Å². The summed E-state index contributed by atoms with van der Waals surface area (Å²) in [4.78, 5) is 2.61. The van der Waals surface area contributed by atoms with E-state index < -0.39 is 0 Å². The second-order valence-corrected chi connectivity index (χ2v) is 6.16. The summed E-state index contributed by atoms with van der Waals surface area (Å²) in [7, 11) is 0. The molecule has 0 aliphatic carbocycles. The van der Waals surface area contributed by atoms with Gasteiger partial charge in [-0.1, -0.05) is 60.7 Å². The highest BCUT2D eigenvalue weighted by Crippen LogP contribution is 2.28. The van der Waals surface area contributed by atoms with Gasteiger partial charge < -0.3 is 5.32 Å². The second kappa shape index (κ2) is 11.3. The van der Waals surface area contributed by atoms with Crippen molar-refractivity contribution in [2.75, 3.05) is 26.2 Å². The molecule has 0 unspecified atom stereocenters. The third kappa shape index (κ3) is 5.86.